The number of anilines is 2. The number of halogens is 3. The van der Waals surface area contributed by atoms with Crippen LogP contribution in [0.25, 0.3) is 0 Å². The minimum absolute atomic E-state index is 0.208. The number of nitrogen functional groups attached to an aromatic ring is 1. The molecule has 1 aromatic carbocycles. The van der Waals surface area contributed by atoms with Crippen LogP contribution in [0.4, 0.5) is 24.5 Å². The van der Waals surface area contributed by atoms with Gasteiger partial charge in [-0.1, -0.05) is 13.3 Å². The van der Waals surface area contributed by atoms with Crippen LogP contribution in [0.3, 0.4) is 0 Å². The molecule has 0 radical (unpaired) electrons. The van der Waals surface area contributed by atoms with Crippen LogP contribution in [0, 0.1) is 5.92 Å². The fraction of sp³-hybridized carbons (Fsp3) is 0.571. The third-order valence-corrected chi connectivity index (χ3v) is 3.69. The lowest BCUT2D eigenvalue weighted by molar-refractivity contribution is -0.136. The maximum atomic E-state index is 12.8. The summed E-state index contributed by atoms with van der Waals surface area (Å²) < 4.78 is 38.4. The van der Waals surface area contributed by atoms with E-state index in [0.29, 0.717) is 11.6 Å². The van der Waals surface area contributed by atoms with Crippen molar-refractivity contribution in [2.24, 2.45) is 5.92 Å². The molecular formula is C14H19F3N2. The average Bonchev–Trinajstić information content (AvgIpc) is 2.77. The van der Waals surface area contributed by atoms with Gasteiger partial charge in [0.05, 0.1) is 5.56 Å². The summed E-state index contributed by atoms with van der Waals surface area (Å²) in [6, 6.07) is 4.20. The summed E-state index contributed by atoms with van der Waals surface area (Å²) >= 11 is 0. The highest BCUT2D eigenvalue weighted by Crippen LogP contribution is 2.37. The van der Waals surface area contributed by atoms with E-state index in [1.165, 1.54) is 12.1 Å². The van der Waals surface area contributed by atoms with Crippen LogP contribution in [-0.2, 0) is 6.18 Å². The molecule has 0 amide bonds. The fourth-order valence-corrected chi connectivity index (χ4v) is 2.70. The van der Waals surface area contributed by atoms with Crippen molar-refractivity contribution in [3.8, 4) is 0 Å². The number of nitrogens with zero attached hydrogens (tertiary/aromatic N) is 1. The highest BCUT2D eigenvalue weighted by molar-refractivity contribution is 5.60. The third-order valence-electron chi connectivity index (χ3n) is 3.69. The zero-order chi connectivity index (χ0) is 14.0. The second-order valence-electron chi connectivity index (χ2n) is 5.16. The van der Waals surface area contributed by atoms with Gasteiger partial charge in [0.25, 0.3) is 0 Å². The molecule has 1 saturated heterocycles. The van der Waals surface area contributed by atoms with E-state index in [1.54, 1.807) is 6.07 Å². The summed E-state index contributed by atoms with van der Waals surface area (Å²) in [7, 11) is 0. The maximum absolute atomic E-state index is 12.8. The molecule has 0 aliphatic carbocycles. The molecule has 5 heteroatoms. The van der Waals surface area contributed by atoms with Crippen molar-refractivity contribution in [1.82, 2.24) is 0 Å². The second-order valence-corrected chi connectivity index (χ2v) is 5.16. The number of hydrogen-bond donors (Lipinski definition) is 1. The van der Waals surface area contributed by atoms with Gasteiger partial charge in [0.1, 0.15) is 0 Å². The first-order valence-corrected chi connectivity index (χ1v) is 6.63. The highest BCUT2D eigenvalue weighted by atomic mass is 19.4. The topological polar surface area (TPSA) is 29.3 Å². The van der Waals surface area contributed by atoms with E-state index < -0.39 is 11.7 Å². The number of alkyl halides is 3. The number of rotatable bonds is 3. The van der Waals surface area contributed by atoms with Crippen LogP contribution in [0.2, 0.25) is 0 Å². The van der Waals surface area contributed by atoms with Gasteiger partial charge in [0, 0.05) is 24.5 Å². The molecule has 1 fully saturated rings. The molecule has 0 bridgehead atoms. The van der Waals surface area contributed by atoms with Crippen LogP contribution in [0.15, 0.2) is 18.2 Å². The first-order chi connectivity index (χ1) is 8.91. The smallest absolute Gasteiger partial charge is 0.398 e. The van der Waals surface area contributed by atoms with Crippen molar-refractivity contribution in [1.29, 1.82) is 0 Å². The largest absolute Gasteiger partial charge is 0.418 e. The Kier molecular flexibility index (Phi) is 3.92. The van der Waals surface area contributed by atoms with Crippen molar-refractivity contribution >= 4 is 11.4 Å². The molecule has 1 aliphatic heterocycles. The molecule has 0 spiro atoms. The molecule has 2 rings (SSSR count). The van der Waals surface area contributed by atoms with E-state index >= 15 is 0 Å². The molecule has 1 atom stereocenters. The van der Waals surface area contributed by atoms with Crippen molar-refractivity contribution in [3.63, 3.8) is 0 Å². The average molecular weight is 272 g/mol. The Morgan fingerprint density at radius 2 is 2.11 bits per heavy atom. The van der Waals surface area contributed by atoms with Crippen LogP contribution >= 0.6 is 0 Å². The molecule has 1 heterocycles. The van der Waals surface area contributed by atoms with Gasteiger partial charge in [-0.2, -0.15) is 13.2 Å². The molecular weight excluding hydrogens is 253 g/mol. The number of benzene rings is 1. The molecule has 2 N–H and O–H groups in total. The Morgan fingerprint density at radius 1 is 1.37 bits per heavy atom. The van der Waals surface area contributed by atoms with Gasteiger partial charge in [-0.05, 0) is 37.0 Å². The van der Waals surface area contributed by atoms with Gasteiger partial charge < -0.3 is 10.6 Å². The zero-order valence-electron chi connectivity index (χ0n) is 11.0. The van der Waals surface area contributed by atoms with Crippen molar-refractivity contribution in [2.45, 2.75) is 32.4 Å². The minimum Gasteiger partial charge on any atom is -0.398 e. The van der Waals surface area contributed by atoms with E-state index in [9.17, 15) is 13.2 Å². The predicted octanol–water partition coefficient (Wildman–Crippen LogP) is 3.91. The zero-order valence-corrected chi connectivity index (χ0v) is 11.0. The standard InChI is InChI=1S/C14H19F3N2/c1-2-3-10-6-7-19(9-10)11-4-5-13(18)12(8-11)14(15,16)17/h4-5,8,10H,2-3,6-7,9,18H2,1H3. The Labute approximate surface area is 111 Å². The van der Waals surface area contributed by atoms with Crippen LogP contribution in [-0.4, -0.2) is 13.1 Å². The second kappa shape index (κ2) is 5.31. The van der Waals surface area contributed by atoms with Gasteiger partial charge in [0.2, 0.25) is 0 Å². The maximum Gasteiger partial charge on any atom is 0.418 e. The molecule has 106 valence electrons. The molecule has 0 aromatic heterocycles. The lowest BCUT2D eigenvalue weighted by atomic mass is 10.0. The van der Waals surface area contributed by atoms with Gasteiger partial charge in [0.15, 0.2) is 0 Å². The molecule has 1 unspecified atom stereocenters. The van der Waals surface area contributed by atoms with Crippen LogP contribution in [0.1, 0.15) is 31.7 Å². The first-order valence-electron chi connectivity index (χ1n) is 6.63. The summed E-state index contributed by atoms with van der Waals surface area (Å²) in [4.78, 5) is 2.02. The lowest BCUT2D eigenvalue weighted by Crippen LogP contribution is -2.20. The Morgan fingerprint density at radius 3 is 2.74 bits per heavy atom. The van der Waals surface area contributed by atoms with E-state index in [0.717, 1.165) is 32.4 Å². The van der Waals surface area contributed by atoms with E-state index in [-0.39, 0.29) is 5.69 Å². The van der Waals surface area contributed by atoms with Gasteiger partial charge in [-0.3, -0.25) is 0 Å². The third kappa shape index (κ3) is 3.14. The molecule has 1 aromatic rings. The normalized spacial score (nSPS) is 20.0. The lowest BCUT2D eigenvalue weighted by Gasteiger charge is -2.21. The number of nitrogens with two attached hydrogens (primary N) is 1. The predicted molar refractivity (Wildman–Crippen MR) is 71.1 cm³/mol. The summed E-state index contributed by atoms with van der Waals surface area (Å²) in [5, 5.41) is 0. The highest BCUT2D eigenvalue weighted by Gasteiger charge is 2.34. The van der Waals surface area contributed by atoms with E-state index in [4.69, 9.17) is 5.73 Å². The fourth-order valence-electron chi connectivity index (χ4n) is 2.70. The summed E-state index contributed by atoms with van der Waals surface area (Å²) in [5.41, 5.74) is 5.10. The van der Waals surface area contributed by atoms with Crippen LogP contribution < -0.4 is 10.6 Å². The van der Waals surface area contributed by atoms with Crippen molar-refractivity contribution < 1.29 is 13.2 Å². The molecule has 0 saturated carbocycles. The van der Waals surface area contributed by atoms with Crippen LogP contribution in [0.5, 0.6) is 0 Å². The van der Waals surface area contributed by atoms with Gasteiger partial charge in [-0.25, -0.2) is 0 Å². The molecule has 2 nitrogen and oxygen atoms in total. The summed E-state index contributed by atoms with van der Waals surface area (Å²) in [5.74, 6) is 0.594. The summed E-state index contributed by atoms with van der Waals surface area (Å²) in [6.45, 7) is 3.80. The van der Waals surface area contributed by atoms with Gasteiger partial charge in [-0.15, -0.1) is 0 Å². The van der Waals surface area contributed by atoms with Gasteiger partial charge >= 0.3 is 6.18 Å². The minimum atomic E-state index is -4.39. The summed E-state index contributed by atoms with van der Waals surface area (Å²) in [6.07, 6.45) is -1.08. The first kappa shape index (κ1) is 14.0. The monoisotopic (exact) mass is 272 g/mol. The van der Waals surface area contributed by atoms with E-state index in [2.05, 4.69) is 6.92 Å². The molecule has 19 heavy (non-hydrogen) atoms. The SMILES string of the molecule is CCCC1CCN(c2ccc(N)c(C(F)(F)F)c2)C1. The number of hydrogen-bond acceptors (Lipinski definition) is 2. The quantitative estimate of drug-likeness (QED) is 0.845. The Bertz CT molecular complexity index is 443. The Balaban J connectivity index is 2.18. The van der Waals surface area contributed by atoms with Crippen molar-refractivity contribution in [2.75, 3.05) is 23.7 Å². The van der Waals surface area contributed by atoms with E-state index in [1.807, 2.05) is 4.90 Å². The van der Waals surface area contributed by atoms with Crippen molar-refractivity contribution in [3.05, 3.63) is 23.8 Å². The Hall–Kier alpha value is -1.39. The molecule has 1 aliphatic rings.